The van der Waals surface area contributed by atoms with Gasteiger partial charge in [0.1, 0.15) is 5.75 Å². The van der Waals surface area contributed by atoms with Gasteiger partial charge in [-0.25, -0.2) is 0 Å². The molecule has 0 saturated heterocycles. The molecule has 0 aliphatic rings. The Morgan fingerprint density at radius 3 is 2.39 bits per heavy atom. The molecule has 0 spiro atoms. The molecule has 1 N–H and O–H groups in total. The Labute approximate surface area is 162 Å². The van der Waals surface area contributed by atoms with Crippen molar-refractivity contribution < 1.29 is 14.3 Å². The monoisotopic (exact) mass is 379 g/mol. The molecule has 0 radical (unpaired) electrons. The van der Waals surface area contributed by atoms with Gasteiger partial charge in [0.2, 0.25) is 0 Å². The summed E-state index contributed by atoms with van der Waals surface area (Å²) >= 11 is 0. The molecule has 0 saturated carbocycles. The molecule has 0 atom stereocenters. The van der Waals surface area contributed by atoms with Gasteiger partial charge < -0.3 is 14.8 Å². The first-order valence-electron chi connectivity index (χ1n) is 8.69. The van der Waals surface area contributed by atoms with Crippen LogP contribution in [0.25, 0.3) is 5.69 Å². The van der Waals surface area contributed by atoms with Crippen LogP contribution in [0.2, 0.25) is 0 Å². The minimum Gasteiger partial charge on any atom is -0.496 e. The van der Waals surface area contributed by atoms with Crippen LogP contribution in [0.15, 0.2) is 59.4 Å². The average Bonchev–Trinajstić information content (AvgIpc) is 2.72. The molecule has 3 rings (SSSR count). The molecule has 0 fully saturated rings. The van der Waals surface area contributed by atoms with Gasteiger partial charge in [0.25, 0.3) is 11.5 Å². The van der Waals surface area contributed by atoms with Crippen LogP contribution in [-0.2, 0) is 6.54 Å². The zero-order valence-corrected chi connectivity index (χ0v) is 15.9. The molecule has 0 bridgehead atoms. The molecule has 3 aromatic rings. The summed E-state index contributed by atoms with van der Waals surface area (Å²) < 4.78 is 11.7. The number of hydrogen-bond acceptors (Lipinski definition) is 5. The van der Waals surface area contributed by atoms with Gasteiger partial charge in [0, 0.05) is 12.1 Å². The van der Waals surface area contributed by atoms with Crippen molar-refractivity contribution in [3.63, 3.8) is 0 Å². The summed E-state index contributed by atoms with van der Waals surface area (Å²) in [5, 5.41) is 7.03. The summed E-state index contributed by atoms with van der Waals surface area (Å²) in [7, 11) is 2.96. The van der Waals surface area contributed by atoms with Crippen LogP contribution < -0.4 is 20.3 Å². The first kappa shape index (κ1) is 19.2. The Hall–Kier alpha value is -3.61. The molecule has 28 heavy (non-hydrogen) atoms. The van der Waals surface area contributed by atoms with Crippen molar-refractivity contribution in [1.29, 1.82) is 0 Å². The van der Waals surface area contributed by atoms with Crippen LogP contribution in [0, 0.1) is 6.92 Å². The van der Waals surface area contributed by atoms with E-state index in [1.807, 2.05) is 43.3 Å². The second kappa shape index (κ2) is 8.39. The highest BCUT2D eigenvalue weighted by molar-refractivity contribution is 5.94. The fourth-order valence-corrected chi connectivity index (χ4v) is 2.73. The SMILES string of the molecule is COc1ccccc1CNC(=O)c1nn(-c2ccc(C)cc2)c(=O)cc1OC. The van der Waals surface area contributed by atoms with E-state index in [4.69, 9.17) is 9.47 Å². The summed E-state index contributed by atoms with van der Waals surface area (Å²) in [6.45, 7) is 2.20. The topological polar surface area (TPSA) is 82.5 Å². The average molecular weight is 379 g/mol. The molecule has 2 aromatic carbocycles. The number of para-hydroxylation sites is 1. The highest BCUT2D eigenvalue weighted by Crippen LogP contribution is 2.18. The van der Waals surface area contributed by atoms with Crippen LogP contribution in [0.3, 0.4) is 0 Å². The molecule has 0 aliphatic heterocycles. The zero-order chi connectivity index (χ0) is 20.1. The summed E-state index contributed by atoms with van der Waals surface area (Å²) in [6, 6.07) is 15.9. The molecule has 1 amide bonds. The van der Waals surface area contributed by atoms with E-state index in [1.165, 1.54) is 17.9 Å². The highest BCUT2D eigenvalue weighted by atomic mass is 16.5. The number of ether oxygens (including phenoxy) is 2. The third-order valence-corrected chi connectivity index (χ3v) is 4.24. The van der Waals surface area contributed by atoms with Crippen molar-refractivity contribution in [3.8, 4) is 17.2 Å². The number of aromatic nitrogens is 2. The van der Waals surface area contributed by atoms with Gasteiger partial charge >= 0.3 is 0 Å². The lowest BCUT2D eigenvalue weighted by atomic mass is 10.2. The van der Waals surface area contributed by atoms with E-state index in [2.05, 4.69) is 10.4 Å². The normalized spacial score (nSPS) is 10.4. The van der Waals surface area contributed by atoms with Gasteiger partial charge in [0.15, 0.2) is 11.4 Å². The van der Waals surface area contributed by atoms with Crippen molar-refractivity contribution >= 4 is 5.91 Å². The van der Waals surface area contributed by atoms with E-state index in [1.54, 1.807) is 19.2 Å². The quantitative estimate of drug-likeness (QED) is 0.712. The second-order valence-corrected chi connectivity index (χ2v) is 6.14. The predicted molar refractivity (Wildman–Crippen MR) is 105 cm³/mol. The molecular formula is C21H21N3O4. The molecular weight excluding hydrogens is 358 g/mol. The molecule has 0 aliphatic carbocycles. The molecule has 0 unspecified atom stereocenters. The van der Waals surface area contributed by atoms with E-state index >= 15 is 0 Å². The second-order valence-electron chi connectivity index (χ2n) is 6.14. The summed E-state index contributed by atoms with van der Waals surface area (Å²) in [5.74, 6) is 0.335. The maximum atomic E-state index is 12.7. The van der Waals surface area contributed by atoms with Gasteiger partial charge in [-0.15, -0.1) is 0 Å². The number of hydrogen-bond donors (Lipinski definition) is 1. The van der Waals surface area contributed by atoms with E-state index in [-0.39, 0.29) is 23.5 Å². The number of aryl methyl sites for hydroxylation is 1. The molecule has 7 heteroatoms. The minimum absolute atomic E-state index is 0.0255. The number of nitrogens with zero attached hydrogens (tertiary/aromatic N) is 2. The van der Waals surface area contributed by atoms with Crippen molar-refractivity contribution in [3.05, 3.63) is 81.8 Å². The van der Waals surface area contributed by atoms with Gasteiger partial charge in [-0.2, -0.15) is 9.78 Å². The first-order valence-corrected chi connectivity index (χ1v) is 8.69. The molecule has 1 heterocycles. The number of carbonyl (C=O) groups is 1. The minimum atomic E-state index is -0.455. The zero-order valence-electron chi connectivity index (χ0n) is 15.9. The fourth-order valence-electron chi connectivity index (χ4n) is 2.73. The Morgan fingerprint density at radius 1 is 1.04 bits per heavy atom. The predicted octanol–water partition coefficient (Wildman–Crippen LogP) is 2.49. The number of benzene rings is 2. The lowest BCUT2D eigenvalue weighted by Gasteiger charge is -2.12. The Morgan fingerprint density at radius 2 is 1.71 bits per heavy atom. The number of methoxy groups -OCH3 is 2. The van der Waals surface area contributed by atoms with Crippen molar-refractivity contribution in [2.45, 2.75) is 13.5 Å². The standard InChI is InChI=1S/C21H21N3O4/c1-14-8-10-16(11-9-14)24-19(25)12-18(28-3)20(23-24)21(26)22-13-15-6-4-5-7-17(15)27-2/h4-12H,13H2,1-3H3,(H,22,26). The third-order valence-electron chi connectivity index (χ3n) is 4.24. The van der Waals surface area contributed by atoms with Gasteiger partial charge in [-0.3, -0.25) is 9.59 Å². The molecule has 7 nitrogen and oxygen atoms in total. The molecule has 1 aromatic heterocycles. The Kier molecular flexibility index (Phi) is 5.74. The van der Waals surface area contributed by atoms with Crippen molar-refractivity contribution in [2.75, 3.05) is 14.2 Å². The van der Waals surface area contributed by atoms with Crippen LogP contribution in [0.5, 0.6) is 11.5 Å². The van der Waals surface area contributed by atoms with Crippen molar-refractivity contribution in [2.24, 2.45) is 0 Å². The lowest BCUT2D eigenvalue weighted by Crippen LogP contribution is -2.29. The highest BCUT2D eigenvalue weighted by Gasteiger charge is 2.18. The molecule has 144 valence electrons. The van der Waals surface area contributed by atoms with Crippen LogP contribution in [-0.4, -0.2) is 29.9 Å². The largest absolute Gasteiger partial charge is 0.496 e. The summed E-state index contributed by atoms with van der Waals surface area (Å²) in [6.07, 6.45) is 0. The lowest BCUT2D eigenvalue weighted by molar-refractivity contribution is 0.0940. The van der Waals surface area contributed by atoms with Gasteiger partial charge in [-0.05, 0) is 25.1 Å². The summed E-state index contributed by atoms with van der Waals surface area (Å²) in [4.78, 5) is 25.1. The third kappa shape index (κ3) is 4.03. The van der Waals surface area contributed by atoms with Crippen LogP contribution in [0.1, 0.15) is 21.6 Å². The van der Waals surface area contributed by atoms with E-state index in [0.29, 0.717) is 11.4 Å². The van der Waals surface area contributed by atoms with Crippen molar-refractivity contribution in [1.82, 2.24) is 15.1 Å². The van der Waals surface area contributed by atoms with Gasteiger partial charge in [-0.1, -0.05) is 35.9 Å². The Balaban J connectivity index is 1.91. The van der Waals surface area contributed by atoms with E-state index in [9.17, 15) is 9.59 Å². The smallest absolute Gasteiger partial charge is 0.275 e. The fraction of sp³-hybridized carbons (Fsp3) is 0.190. The maximum absolute atomic E-state index is 12.7. The number of nitrogens with one attached hydrogen (secondary N) is 1. The van der Waals surface area contributed by atoms with E-state index in [0.717, 1.165) is 11.1 Å². The number of amides is 1. The maximum Gasteiger partial charge on any atom is 0.275 e. The Bertz CT molecular complexity index is 1040. The number of rotatable bonds is 6. The first-order chi connectivity index (χ1) is 13.5. The summed E-state index contributed by atoms with van der Waals surface area (Å²) in [5.41, 5.74) is 2.08. The van der Waals surface area contributed by atoms with Gasteiger partial charge in [0.05, 0.1) is 26.0 Å². The van der Waals surface area contributed by atoms with Crippen LogP contribution in [0.4, 0.5) is 0 Å². The van der Waals surface area contributed by atoms with Crippen LogP contribution >= 0.6 is 0 Å². The van der Waals surface area contributed by atoms with E-state index < -0.39 is 5.91 Å². The number of carbonyl (C=O) groups excluding carboxylic acids is 1.